The zero-order chi connectivity index (χ0) is 20.4. The number of hydrogen-bond acceptors (Lipinski definition) is 3. The molecule has 0 radical (unpaired) electrons. The maximum atomic E-state index is 12.3. The van der Waals surface area contributed by atoms with E-state index in [0.717, 1.165) is 0 Å². The summed E-state index contributed by atoms with van der Waals surface area (Å²) >= 11 is 0. The van der Waals surface area contributed by atoms with Gasteiger partial charge in [0.25, 0.3) is 0 Å². The van der Waals surface area contributed by atoms with E-state index in [-0.39, 0.29) is 4.90 Å². The van der Waals surface area contributed by atoms with E-state index in [4.69, 9.17) is 19.8 Å². The second-order valence-electron chi connectivity index (χ2n) is 3.60. The van der Waals surface area contributed by atoms with E-state index < -0.39 is 49.6 Å². The number of rotatable bonds is 0. The molecule has 0 aromatic carbocycles. The van der Waals surface area contributed by atoms with E-state index in [1.165, 1.54) is 20.8 Å². The first kappa shape index (κ1) is 3.37. The molecule has 14 heavy (non-hydrogen) atoms. The fraction of sp³-hybridized carbons (Fsp3) is 0.900. The summed E-state index contributed by atoms with van der Waals surface area (Å²) in [5.41, 5.74) is -1.20. The van der Waals surface area contributed by atoms with Crippen LogP contribution in [0.4, 0.5) is 4.79 Å². The molecule has 0 aromatic heterocycles. The van der Waals surface area contributed by atoms with Crippen molar-refractivity contribution in [1.29, 1.82) is 0 Å². The molecule has 1 amide bonds. The minimum absolute atomic E-state index is 0.354. The van der Waals surface area contributed by atoms with Crippen molar-refractivity contribution in [3.8, 4) is 0 Å². The lowest BCUT2D eigenvalue weighted by Gasteiger charge is -2.33. The quantitative estimate of drug-likeness (QED) is 0.603. The third-order valence-corrected chi connectivity index (χ3v) is 1.12. The van der Waals surface area contributed by atoms with Crippen LogP contribution in [-0.4, -0.2) is 54.5 Å². The summed E-state index contributed by atoms with van der Waals surface area (Å²) in [7, 11) is 0. The van der Waals surface area contributed by atoms with Crippen LogP contribution in [0.2, 0.25) is 0 Å². The minimum Gasteiger partial charge on any atom is -0.444 e. The highest BCUT2D eigenvalue weighted by molar-refractivity contribution is 5.68. The van der Waals surface area contributed by atoms with Gasteiger partial charge in [0.15, 0.2) is 0 Å². The molecule has 0 aromatic rings. The van der Waals surface area contributed by atoms with Gasteiger partial charge >= 0.3 is 6.09 Å². The third-order valence-electron chi connectivity index (χ3n) is 1.12. The predicted octanol–water partition coefficient (Wildman–Crippen LogP) is 1.17. The summed E-state index contributed by atoms with van der Waals surface area (Å²) < 4.78 is 89.7. The van der Waals surface area contributed by atoms with Crippen LogP contribution in [-0.2, 0) is 4.74 Å². The SMILES string of the molecule is [2H]C([2H])([2H])N1C([2H])([2H])C([2H])([2H])N(C(=O)OC(C)(C)C)C([2H])([2H])C1([2H])[2H]. The molecule has 0 spiro atoms. The van der Waals surface area contributed by atoms with E-state index in [9.17, 15) is 4.79 Å². The van der Waals surface area contributed by atoms with Crippen molar-refractivity contribution in [3.63, 3.8) is 0 Å². The van der Waals surface area contributed by atoms with Crippen molar-refractivity contribution in [2.45, 2.75) is 26.4 Å². The molecule has 1 aliphatic heterocycles. The van der Waals surface area contributed by atoms with E-state index in [0.29, 0.717) is 0 Å². The molecule has 1 saturated heterocycles. The fourth-order valence-electron chi connectivity index (χ4n) is 0.655. The lowest BCUT2D eigenvalue weighted by Crippen LogP contribution is -2.48. The molecule has 1 heterocycles. The number of ether oxygens (including phenoxy) is 1. The molecule has 4 heteroatoms. The first-order valence-electron chi connectivity index (χ1n) is 9.45. The number of carbonyl (C=O) groups excluding carboxylic acids is 1. The molecule has 82 valence electrons. The molecule has 1 fully saturated rings. The maximum Gasteiger partial charge on any atom is 0.410 e. The molecule has 0 bridgehead atoms. The number of piperazine rings is 1. The molecule has 0 unspecified atom stereocenters. The molecule has 1 aliphatic rings. The van der Waals surface area contributed by atoms with E-state index >= 15 is 0 Å². The minimum atomic E-state index is -3.59. The Hall–Kier alpha value is -0.770. The summed E-state index contributed by atoms with van der Waals surface area (Å²) in [6.07, 6.45) is -1.65. The second-order valence-corrected chi connectivity index (χ2v) is 3.60. The van der Waals surface area contributed by atoms with Crippen LogP contribution in [0.1, 0.15) is 35.8 Å². The summed E-state index contributed by atoms with van der Waals surface area (Å²) in [6, 6.07) is 0. The second kappa shape index (κ2) is 4.17. The van der Waals surface area contributed by atoms with Gasteiger partial charge in [0.05, 0.1) is 5.48 Å². The normalized spacial score (nSPS) is 46.5. The van der Waals surface area contributed by atoms with Crippen molar-refractivity contribution in [1.82, 2.24) is 9.80 Å². The van der Waals surface area contributed by atoms with Crippen LogP contribution in [0.5, 0.6) is 0 Å². The topological polar surface area (TPSA) is 32.8 Å². The highest BCUT2D eigenvalue weighted by Crippen LogP contribution is 2.11. The number of hydrogen-bond donors (Lipinski definition) is 0. The molecular formula is C10H20N2O2. The van der Waals surface area contributed by atoms with Crippen molar-refractivity contribution in [2.75, 3.05) is 33.0 Å². The Labute approximate surface area is 101 Å². The van der Waals surface area contributed by atoms with Crippen LogP contribution in [0.3, 0.4) is 0 Å². The first-order chi connectivity index (χ1) is 10.6. The van der Waals surface area contributed by atoms with Gasteiger partial charge in [-0.3, -0.25) is 0 Å². The summed E-state index contributed by atoms with van der Waals surface area (Å²) in [4.78, 5) is 11.4. The average Bonchev–Trinajstić information content (AvgIpc) is 2.19. The van der Waals surface area contributed by atoms with Gasteiger partial charge in [0.1, 0.15) is 5.60 Å². The van der Waals surface area contributed by atoms with Gasteiger partial charge in [0.2, 0.25) is 0 Å². The Balaban J connectivity index is 3.66. The van der Waals surface area contributed by atoms with Crippen molar-refractivity contribution >= 4 is 6.09 Å². The number of likely N-dealkylation sites (N-methyl/N-ethyl adjacent to an activating group) is 1. The van der Waals surface area contributed by atoms with E-state index in [1.807, 2.05) is 0 Å². The fourth-order valence-corrected chi connectivity index (χ4v) is 0.655. The highest BCUT2D eigenvalue weighted by Gasteiger charge is 2.24. The average molecular weight is 211 g/mol. The molecule has 0 saturated carbocycles. The molecule has 1 rings (SSSR count). The lowest BCUT2D eigenvalue weighted by molar-refractivity contribution is 0.0164. The lowest BCUT2D eigenvalue weighted by atomic mass is 10.2. The number of amides is 1. The van der Waals surface area contributed by atoms with Gasteiger partial charge in [-0.05, 0) is 27.7 Å². The first-order valence-corrected chi connectivity index (χ1v) is 3.95. The number of nitrogens with zero attached hydrogens (tertiary/aromatic N) is 2. The number of carbonyl (C=O) groups is 1. The van der Waals surface area contributed by atoms with Crippen LogP contribution in [0.15, 0.2) is 0 Å². The van der Waals surface area contributed by atoms with Crippen LogP contribution in [0, 0.1) is 0 Å². The summed E-state index contributed by atoms with van der Waals surface area (Å²) in [6.45, 7) is -13.6. The summed E-state index contributed by atoms with van der Waals surface area (Å²) in [5.74, 6) is 0. The van der Waals surface area contributed by atoms with Crippen LogP contribution >= 0.6 is 0 Å². The monoisotopic (exact) mass is 211 g/mol. The largest absolute Gasteiger partial charge is 0.444 e. The predicted molar refractivity (Wildman–Crippen MR) is 55.3 cm³/mol. The Morgan fingerprint density at radius 3 is 2.36 bits per heavy atom. The van der Waals surface area contributed by atoms with E-state index in [1.54, 1.807) is 0 Å². The van der Waals surface area contributed by atoms with Gasteiger partial charge in [-0.25, -0.2) is 4.79 Å². The smallest absolute Gasteiger partial charge is 0.410 e. The van der Waals surface area contributed by atoms with Crippen LogP contribution in [0.25, 0.3) is 0 Å². The maximum absolute atomic E-state index is 12.3. The molecular weight excluding hydrogens is 180 g/mol. The molecule has 0 aliphatic carbocycles. The van der Waals surface area contributed by atoms with Gasteiger partial charge in [-0.2, -0.15) is 0 Å². The third kappa shape index (κ3) is 3.54. The van der Waals surface area contributed by atoms with Gasteiger partial charge < -0.3 is 14.5 Å². The zero-order valence-electron chi connectivity index (χ0n) is 19.2. The Morgan fingerprint density at radius 2 is 1.93 bits per heavy atom. The van der Waals surface area contributed by atoms with Crippen molar-refractivity contribution in [3.05, 3.63) is 0 Å². The van der Waals surface area contributed by atoms with Gasteiger partial charge in [-0.15, -0.1) is 0 Å². The standard InChI is InChI=1S/C10H20N2O2/c1-10(2,3)14-9(13)12-7-5-11(4)6-8-12/h5-8H2,1-4H3/i4D3,5D2,6D2,7D2,8D2. The molecule has 4 nitrogen and oxygen atoms in total. The Morgan fingerprint density at radius 1 is 1.36 bits per heavy atom. The molecule has 0 atom stereocenters. The van der Waals surface area contributed by atoms with Crippen LogP contribution < -0.4 is 0 Å². The van der Waals surface area contributed by atoms with Gasteiger partial charge in [0, 0.05) is 35.6 Å². The summed E-state index contributed by atoms with van der Waals surface area (Å²) in [5, 5.41) is 0. The highest BCUT2D eigenvalue weighted by atomic mass is 16.6. The Kier molecular flexibility index (Phi) is 1.00. The van der Waals surface area contributed by atoms with E-state index in [2.05, 4.69) is 0 Å². The van der Waals surface area contributed by atoms with Crippen molar-refractivity contribution < 1.29 is 24.6 Å². The van der Waals surface area contributed by atoms with Gasteiger partial charge in [-0.1, -0.05) is 0 Å². The zero-order valence-corrected chi connectivity index (χ0v) is 8.21. The Bertz CT molecular complexity index is 524. The molecule has 0 N–H and O–H groups in total. The van der Waals surface area contributed by atoms with Crippen molar-refractivity contribution in [2.24, 2.45) is 0 Å².